The van der Waals surface area contributed by atoms with Crippen LogP contribution in [0.3, 0.4) is 0 Å². The van der Waals surface area contributed by atoms with Crippen LogP contribution in [-0.2, 0) is 0 Å². The van der Waals surface area contributed by atoms with Gasteiger partial charge in [-0.05, 0) is 25.3 Å². The van der Waals surface area contributed by atoms with Crippen LogP contribution in [0.15, 0.2) is 30.6 Å². The molecule has 0 aliphatic rings. The Bertz CT molecular complexity index is 525. The van der Waals surface area contributed by atoms with Gasteiger partial charge in [-0.2, -0.15) is 11.8 Å². The quantitative estimate of drug-likeness (QED) is 0.865. The van der Waals surface area contributed by atoms with Crippen LogP contribution in [0.1, 0.15) is 6.92 Å². The third-order valence-electron chi connectivity index (χ3n) is 2.63. The minimum absolute atomic E-state index is 0.467. The lowest BCUT2D eigenvalue weighted by atomic mass is 10.1. The third-order valence-corrected chi connectivity index (χ3v) is 3.55. The van der Waals surface area contributed by atoms with Crippen LogP contribution >= 0.6 is 11.8 Å². The molecule has 18 heavy (non-hydrogen) atoms. The fourth-order valence-electron chi connectivity index (χ4n) is 1.78. The van der Waals surface area contributed by atoms with Crippen molar-refractivity contribution in [2.45, 2.75) is 12.5 Å². The number of benzene rings is 1. The molecule has 1 unspecified atom stereocenters. The van der Waals surface area contributed by atoms with E-state index in [0.717, 1.165) is 16.7 Å². The summed E-state index contributed by atoms with van der Waals surface area (Å²) < 4.78 is 0. The largest absolute Gasteiger partial charge is 0.387 e. The van der Waals surface area contributed by atoms with Gasteiger partial charge in [-0.15, -0.1) is 0 Å². The Morgan fingerprint density at radius 3 is 2.89 bits per heavy atom. The molecule has 0 spiro atoms. The van der Waals surface area contributed by atoms with E-state index in [1.165, 1.54) is 6.33 Å². The van der Waals surface area contributed by atoms with Crippen LogP contribution in [-0.4, -0.2) is 39.2 Å². The van der Waals surface area contributed by atoms with Gasteiger partial charge in [-0.3, -0.25) is 0 Å². The number of fused-ring (bicyclic) bond motifs is 1. The van der Waals surface area contributed by atoms with Gasteiger partial charge in [0.05, 0.1) is 11.1 Å². The molecule has 0 aliphatic carbocycles. The molecule has 2 N–H and O–H groups in total. The Kier molecular flexibility index (Phi) is 4.04. The number of aliphatic hydroxyl groups is 1. The van der Waals surface area contributed by atoms with Crippen molar-refractivity contribution in [3.8, 4) is 0 Å². The fourth-order valence-corrected chi connectivity index (χ4v) is 2.51. The number of thioether (sulfide) groups is 1. The summed E-state index contributed by atoms with van der Waals surface area (Å²) in [5, 5.41) is 14.3. The number of anilines is 1. The standard InChI is InChI=1S/C13H17N3OS/c1-13(17,8-18-2)7-14-12-10-5-3-4-6-11(10)15-9-16-12/h3-6,9,17H,7-8H2,1-2H3,(H,14,15,16). The van der Waals surface area contributed by atoms with Crippen molar-refractivity contribution in [3.63, 3.8) is 0 Å². The number of nitrogens with one attached hydrogen (secondary N) is 1. The number of para-hydroxylation sites is 1. The average Bonchev–Trinajstić information content (AvgIpc) is 2.36. The number of hydrogen-bond acceptors (Lipinski definition) is 5. The highest BCUT2D eigenvalue weighted by Gasteiger charge is 2.19. The van der Waals surface area contributed by atoms with Gasteiger partial charge in [0.1, 0.15) is 12.1 Å². The molecule has 0 fully saturated rings. The monoisotopic (exact) mass is 263 g/mol. The van der Waals surface area contributed by atoms with Crippen LogP contribution in [0.25, 0.3) is 10.9 Å². The summed E-state index contributed by atoms with van der Waals surface area (Å²) >= 11 is 1.62. The van der Waals surface area contributed by atoms with E-state index in [1.807, 2.05) is 37.4 Å². The smallest absolute Gasteiger partial charge is 0.137 e. The summed E-state index contributed by atoms with van der Waals surface area (Å²) in [6.07, 6.45) is 3.52. The Morgan fingerprint density at radius 2 is 2.11 bits per heavy atom. The lowest BCUT2D eigenvalue weighted by Gasteiger charge is -2.23. The summed E-state index contributed by atoms with van der Waals surface area (Å²) in [6.45, 7) is 2.29. The van der Waals surface area contributed by atoms with Crippen molar-refractivity contribution in [1.82, 2.24) is 9.97 Å². The zero-order valence-electron chi connectivity index (χ0n) is 10.6. The van der Waals surface area contributed by atoms with Crippen molar-refractivity contribution >= 4 is 28.5 Å². The van der Waals surface area contributed by atoms with Crippen molar-refractivity contribution in [3.05, 3.63) is 30.6 Å². The number of rotatable bonds is 5. The number of aromatic nitrogens is 2. The van der Waals surface area contributed by atoms with Gasteiger partial charge in [0.15, 0.2) is 0 Å². The van der Waals surface area contributed by atoms with Crippen LogP contribution in [0.2, 0.25) is 0 Å². The molecule has 0 saturated carbocycles. The molecule has 4 nitrogen and oxygen atoms in total. The highest BCUT2D eigenvalue weighted by atomic mass is 32.2. The second kappa shape index (κ2) is 5.54. The topological polar surface area (TPSA) is 58.0 Å². The SMILES string of the molecule is CSCC(C)(O)CNc1ncnc2ccccc12. The van der Waals surface area contributed by atoms with E-state index in [-0.39, 0.29) is 0 Å². The Balaban J connectivity index is 2.17. The lowest BCUT2D eigenvalue weighted by Crippen LogP contribution is -2.36. The number of nitrogens with zero attached hydrogens (tertiary/aromatic N) is 2. The molecule has 0 saturated heterocycles. The molecule has 1 atom stereocenters. The van der Waals surface area contributed by atoms with Gasteiger partial charge in [-0.25, -0.2) is 9.97 Å². The van der Waals surface area contributed by atoms with Crippen LogP contribution < -0.4 is 5.32 Å². The zero-order valence-corrected chi connectivity index (χ0v) is 11.4. The minimum Gasteiger partial charge on any atom is -0.387 e. The van der Waals surface area contributed by atoms with Crippen LogP contribution in [0, 0.1) is 0 Å². The molecule has 0 aliphatic heterocycles. The second-order valence-electron chi connectivity index (χ2n) is 4.52. The molecule has 0 radical (unpaired) electrons. The molecule has 1 heterocycles. The predicted octanol–water partition coefficient (Wildman–Crippen LogP) is 2.16. The van der Waals surface area contributed by atoms with Crippen LogP contribution in [0.4, 0.5) is 5.82 Å². The maximum Gasteiger partial charge on any atom is 0.137 e. The molecule has 0 bridgehead atoms. The molecule has 96 valence electrons. The van der Waals surface area contributed by atoms with Gasteiger partial charge >= 0.3 is 0 Å². The fraction of sp³-hybridized carbons (Fsp3) is 0.385. The highest BCUT2D eigenvalue weighted by Crippen LogP contribution is 2.19. The molecular formula is C13H17N3OS. The highest BCUT2D eigenvalue weighted by molar-refractivity contribution is 7.98. The Morgan fingerprint density at radius 1 is 1.33 bits per heavy atom. The first-order valence-electron chi connectivity index (χ1n) is 5.77. The van der Waals surface area contributed by atoms with E-state index < -0.39 is 5.60 Å². The van der Waals surface area contributed by atoms with Crippen molar-refractivity contribution in [2.75, 3.05) is 23.9 Å². The van der Waals surface area contributed by atoms with E-state index in [1.54, 1.807) is 11.8 Å². The number of hydrogen-bond donors (Lipinski definition) is 2. The van der Waals surface area contributed by atoms with E-state index in [4.69, 9.17) is 0 Å². The summed E-state index contributed by atoms with van der Waals surface area (Å²) in [5.41, 5.74) is 0.158. The van der Waals surface area contributed by atoms with Crippen LogP contribution in [0.5, 0.6) is 0 Å². The second-order valence-corrected chi connectivity index (χ2v) is 5.39. The van der Waals surface area contributed by atoms with Crippen molar-refractivity contribution < 1.29 is 5.11 Å². The summed E-state index contributed by atoms with van der Waals surface area (Å²) in [5.74, 6) is 1.45. The summed E-state index contributed by atoms with van der Waals surface area (Å²) in [6, 6.07) is 7.82. The van der Waals surface area contributed by atoms with Gasteiger partial charge in [-0.1, -0.05) is 12.1 Å². The molecule has 1 aromatic heterocycles. The molecule has 2 aromatic rings. The molecule has 0 amide bonds. The average molecular weight is 263 g/mol. The Labute approximate surface area is 111 Å². The normalized spacial score (nSPS) is 14.4. The minimum atomic E-state index is -0.745. The Hall–Kier alpha value is -1.33. The maximum atomic E-state index is 10.1. The lowest BCUT2D eigenvalue weighted by molar-refractivity contribution is 0.0996. The van der Waals surface area contributed by atoms with Gasteiger partial charge in [0.25, 0.3) is 0 Å². The first kappa shape index (κ1) is 13.1. The zero-order chi connectivity index (χ0) is 13.0. The van der Waals surface area contributed by atoms with E-state index >= 15 is 0 Å². The van der Waals surface area contributed by atoms with Gasteiger partial charge < -0.3 is 10.4 Å². The first-order valence-corrected chi connectivity index (χ1v) is 7.17. The third kappa shape index (κ3) is 3.11. The van der Waals surface area contributed by atoms with E-state index in [2.05, 4.69) is 15.3 Å². The van der Waals surface area contributed by atoms with Crippen molar-refractivity contribution in [2.24, 2.45) is 0 Å². The van der Waals surface area contributed by atoms with E-state index in [0.29, 0.717) is 12.3 Å². The molecule has 5 heteroatoms. The maximum absolute atomic E-state index is 10.1. The summed E-state index contributed by atoms with van der Waals surface area (Å²) in [4.78, 5) is 8.43. The van der Waals surface area contributed by atoms with E-state index in [9.17, 15) is 5.11 Å². The summed E-state index contributed by atoms with van der Waals surface area (Å²) in [7, 11) is 0. The predicted molar refractivity (Wildman–Crippen MR) is 77.0 cm³/mol. The molecular weight excluding hydrogens is 246 g/mol. The first-order chi connectivity index (χ1) is 8.62. The van der Waals surface area contributed by atoms with Gasteiger partial charge in [0.2, 0.25) is 0 Å². The molecule has 1 aromatic carbocycles. The van der Waals surface area contributed by atoms with Crippen molar-refractivity contribution in [1.29, 1.82) is 0 Å². The van der Waals surface area contributed by atoms with Gasteiger partial charge in [0, 0.05) is 17.7 Å². The molecule has 2 rings (SSSR count).